The molecule has 1 saturated heterocycles. The fraction of sp³-hybridized carbons (Fsp3) is 0.350. The Labute approximate surface area is 148 Å². The number of hydrogen-bond donors (Lipinski definition) is 1. The molecule has 1 atom stereocenters. The predicted molar refractivity (Wildman–Crippen MR) is 99.5 cm³/mol. The number of carbonyl (C=O) groups is 1. The Balaban J connectivity index is 1.57. The third kappa shape index (κ3) is 4.17. The van der Waals surface area contributed by atoms with E-state index in [0.29, 0.717) is 18.8 Å². The van der Waals surface area contributed by atoms with Crippen LogP contribution in [-0.2, 0) is 4.79 Å². The van der Waals surface area contributed by atoms with Crippen LogP contribution in [0.15, 0.2) is 48.5 Å². The van der Waals surface area contributed by atoms with E-state index >= 15 is 0 Å². The van der Waals surface area contributed by atoms with Gasteiger partial charge in [-0.15, -0.1) is 0 Å². The smallest absolute Gasteiger partial charge is 0.241 e. The molecule has 1 unspecified atom stereocenters. The normalized spacial score (nSPS) is 16.5. The Morgan fingerprint density at radius 2 is 1.80 bits per heavy atom. The average Bonchev–Trinajstić information content (AvgIpc) is 2.62. The topological polar surface area (TPSA) is 35.6 Å². The molecule has 1 amide bonds. The number of nitrogens with one attached hydrogen (secondary N) is 1. The van der Waals surface area contributed by atoms with Crippen molar-refractivity contribution in [3.63, 3.8) is 0 Å². The second-order valence-electron chi connectivity index (χ2n) is 6.51. The van der Waals surface area contributed by atoms with Crippen LogP contribution in [0.2, 0.25) is 0 Å². The Morgan fingerprint density at radius 1 is 1.08 bits per heavy atom. The van der Waals surface area contributed by atoms with Crippen molar-refractivity contribution in [1.29, 1.82) is 0 Å². The molecule has 132 valence electrons. The first kappa shape index (κ1) is 17.4. The van der Waals surface area contributed by atoms with E-state index in [2.05, 4.69) is 10.2 Å². The minimum atomic E-state index is -0.219. The maximum Gasteiger partial charge on any atom is 0.241 e. The van der Waals surface area contributed by atoms with E-state index in [0.717, 1.165) is 24.3 Å². The second-order valence-corrected chi connectivity index (χ2v) is 6.51. The average molecular weight is 341 g/mol. The maximum absolute atomic E-state index is 13.9. The predicted octanol–water partition coefficient (Wildman–Crippen LogP) is 3.28. The number of benzene rings is 2. The van der Waals surface area contributed by atoms with Crippen LogP contribution in [0.4, 0.5) is 15.8 Å². The summed E-state index contributed by atoms with van der Waals surface area (Å²) in [6, 6.07) is 14.4. The van der Waals surface area contributed by atoms with Crippen LogP contribution in [0.3, 0.4) is 0 Å². The minimum absolute atomic E-state index is 0.00931. The highest BCUT2D eigenvalue weighted by atomic mass is 19.1. The number of piperazine rings is 1. The molecule has 3 rings (SSSR count). The second kappa shape index (κ2) is 7.66. The number of nitrogens with zero attached hydrogens (tertiary/aromatic N) is 2. The number of halogens is 1. The lowest BCUT2D eigenvalue weighted by atomic mass is 10.1. The summed E-state index contributed by atoms with van der Waals surface area (Å²) in [5.74, 6) is -0.203. The van der Waals surface area contributed by atoms with Gasteiger partial charge in [0.25, 0.3) is 0 Å². The maximum atomic E-state index is 13.9. The number of amides is 1. The summed E-state index contributed by atoms with van der Waals surface area (Å²) in [5, 5.41) is 2.98. The van der Waals surface area contributed by atoms with E-state index in [4.69, 9.17) is 0 Å². The van der Waals surface area contributed by atoms with Crippen LogP contribution in [-0.4, -0.2) is 43.0 Å². The first-order chi connectivity index (χ1) is 12.0. The summed E-state index contributed by atoms with van der Waals surface area (Å²) in [6.45, 7) is 6.81. The van der Waals surface area contributed by atoms with Crippen molar-refractivity contribution in [3.05, 3.63) is 59.9 Å². The molecule has 2 aromatic carbocycles. The molecular formula is C20H24FN3O. The summed E-state index contributed by atoms with van der Waals surface area (Å²) in [7, 11) is 0. The van der Waals surface area contributed by atoms with Gasteiger partial charge in [0.15, 0.2) is 0 Å². The molecule has 0 bridgehead atoms. The fourth-order valence-electron chi connectivity index (χ4n) is 3.19. The zero-order valence-corrected chi connectivity index (χ0v) is 14.7. The highest BCUT2D eigenvalue weighted by molar-refractivity contribution is 5.94. The van der Waals surface area contributed by atoms with E-state index in [-0.39, 0.29) is 17.8 Å². The van der Waals surface area contributed by atoms with Gasteiger partial charge in [0.05, 0.1) is 11.7 Å². The van der Waals surface area contributed by atoms with Crippen LogP contribution >= 0.6 is 0 Å². The largest absolute Gasteiger partial charge is 0.367 e. The third-order valence-electron chi connectivity index (χ3n) is 4.72. The number of para-hydroxylation sites is 1. The molecule has 2 aromatic rings. The molecule has 25 heavy (non-hydrogen) atoms. The molecule has 1 aliphatic rings. The lowest BCUT2D eigenvalue weighted by Gasteiger charge is -2.38. The number of rotatable bonds is 4. The van der Waals surface area contributed by atoms with Gasteiger partial charge >= 0.3 is 0 Å². The van der Waals surface area contributed by atoms with Gasteiger partial charge in [0, 0.05) is 31.9 Å². The standard InChI is InChI=1S/C20H24FN3O/c1-15-6-5-7-17(14-15)22-20(25)16(2)23-10-12-24(13-11-23)19-9-4-3-8-18(19)21/h3-9,14,16H,10-13H2,1-2H3,(H,22,25). The highest BCUT2D eigenvalue weighted by Gasteiger charge is 2.26. The summed E-state index contributed by atoms with van der Waals surface area (Å²) < 4.78 is 13.9. The van der Waals surface area contributed by atoms with Gasteiger partial charge in [-0.1, -0.05) is 24.3 Å². The molecule has 1 heterocycles. The lowest BCUT2D eigenvalue weighted by Crippen LogP contribution is -2.53. The third-order valence-corrected chi connectivity index (χ3v) is 4.72. The van der Waals surface area contributed by atoms with Crippen LogP contribution in [0.25, 0.3) is 0 Å². The van der Waals surface area contributed by atoms with Crippen molar-refractivity contribution in [2.45, 2.75) is 19.9 Å². The first-order valence-corrected chi connectivity index (χ1v) is 8.65. The molecule has 0 saturated carbocycles. The Bertz CT molecular complexity index is 741. The zero-order chi connectivity index (χ0) is 17.8. The van der Waals surface area contributed by atoms with Crippen molar-refractivity contribution in [2.75, 3.05) is 36.4 Å². The number of carbonyl (C=O) groups excluding carboxylic acids is 1. The van der Waals surface area contributed by atoms with Gasteiger partial charge in [-0.25, -0.2) is 4.39 Å². The van der Waals surface area contributed by atoms with Crippen LogP contribution in [0, 0.1) is 12.7 Å². The van der Waals surface area contributed by atoms with Crippen LogP contribution < -0.4 is 10.2 Å². The molecule has 0 spiro atoms. The summed E-state index contributed by atoms with van der Waals surface area (Å²) in [6.07, 6.45) is 0. The monoisotopic (exact) mass is 341 g/mol. The molecule has 0 radical (unpaired) electrons. The highest BCUT2D eigenvalue weighted by Crippen LogP contribution is 2.21. The SMILES string of the molecule is Cc1cccc(NC(=O)C(C)N2CCN(c3ccccc3F)CC2)c1. The Hall–Kier alpha value is -2.40. The zero-order valence-electron chi connectivity index (χ0n) is 14.7. The molecule has 1 N–H and O–H groups in total. The van der Waals surface area contributed by atoms with E-state index in [1.807, 2.05) is 49.1 Å². The summed E-state index contributed by atoms with van der Waals surface area (Å²) in [4.78, 5) is 16.7. The van der Waals surface area contributed by atoms with E-state index in [1.165, 1.54) is 6.07 Å². The summed E-state index contributed by atoms with van der Waals surface area (Å²) in [5.41, 5.74) is 2.57. The van der Waals surface area contributed by atoms with Crippen molar-refractivity contribution in [1.82, 2.24) is 4.90 Å². The molecule has 5 heteroatoms. The molecule has 1 aliphatic heterocycles. The summed E-state index contributed by atoms with van der Waals surface area (Å²) >= 11 is 0. The van der Waals surface area contributed by atoms with E-state index in [9.17, 15) is 9.18 Å². The number of anilines is 2. The number of hydrogen-bond acceptors (Lipinski definition) is 3. The number of aryl methyl sites for hydroxylation is 1. The lowest BCUT2D eigenvalue weighted by molar-refractivity contribution is -0.120. The van der Waals surface area contributed by atoms with Crippen molar-refractivity contribution in [2.24, 2.45) is 0 Å². The minimum Gasteiger partial charge on any atom is -0.367 e. The quantitative estimate of drug-likeness (QED) is 0.927. The van der Waals surface area contributed by atoms with Gasteiger partial charge in [0.2, 0.25) is 5.91 Å². The van der Waals surface area contributed by atoms with Gasteiger partial charge in [0.1, 0.15) is 5.82 Å². The van der Waals surface area contributed by atoms with Crippen LogP contribution in [0.5, 0.6) is 0 Å². The first-order valence-electron chi connectivity index (χ1n) is 8.65. The Kier molecular flexibility index (Phi) is 5.34. The molecule has 4 nitrogen and oxygen atoms in total. The fourth-order valence-corrected chi connectivity index (χ4v) is 3.19. The van der Waals surface area contributed by atoms with Crippen LogP contribution in [0.1, 0.15) is 12.5 Å². The van der Waals surface area contributed by atoms with Gasteiger partial charge in [-0.05, 0) is 43.7 Å². The van der Waals surface area contributed by atoms with E-state index in [1.54, 1.807) is 12.1 Å². The van der Waals surface area contributed by atoms with E-state index < -0.39 is 0 Å². The molecule has 1 fully saturated rings. The molecular weight excluding hydrogens is 317 g/mol. The van der Waals surface area contributed by atoms with Crippen molar-refractivity contribution in [3.8, 4) is 0 Å². The van der Waals surface area contributed by atoms with Crippen molar-refractivity contribution >= 4 is 17.3 Å². The van der Waals surface area contributed by atoms with Gasteiger partial charge in [-0.3, -0.25) is 9.69 Å². The van der Waals surface area contributed by atoms with Crippen molar-refractivity contribution < 1.29 is 9.18 Å². The Morgan fingerprint density at radius 3 is 2.48 bits per heavy atom. The van der Waals surface area contributed by atoms with Gasteiger partial charge in [-0.2, -0.15) is 0 Å². The molecule has 0 aliphatic carbocycles. The van der Waals surface area contributed by atoms with Gasteiger partial charge < -0.3 is 10.2 Å². The molecule has 0 aromatic heterocycles.